The number of nitrogens with zero attached hydrogens (tertiary/aromatic N) is 1. The van der Waals surface area contributed by atoms with Gasteiger partial charge in [0.15, 0.2) is 0 Å². The van der Waals surface area contributed by atoms with Gasteiger partial charge in [-0.2, -0.15) is 0 Å². The molecule has 0 amide bonds. The molecule has 2 saturated heterocycles. The molecule has 3 N–H and O–H groups in total. The van der Waals surface area contributed by atoms with Gasteiger partial charge in [-0.05, 0) is 44.3 Å². The van der Waals surface area contributed by atoms with Crippen molar-refractivity contribution < 1.29 is 34.4 Å². The Morgan fingerprint density at radius 2 is 1.97 bits per heavy atom. The standard InChI is InChI=1S/C27H41NO7S/c1-15-8-7-9-27(14-29)22(35-27)11-20(16(2)10-19-13-36-18(4)28-19)34-23(31)12-21(30)26(5,6)25(33)17(3)24(15)32/h10,13,15,17,20-22,24,29-30,32H,7-9,11-12,14H2,1-6H3/b16-10+/t15-,17+,20-,21-,22-,24?,27+/m0/s1. The van der Waals surface area contributed by atoms with E-state index in [1.54, 1.807) is 20.8 Å². The maximum Gasteiger partial charge on any atom is 0.309 e. The topological polar surface area (TPSA) is 129 Å². The Morgan fingerprint density at radius 1 is 1.28 bits per heavy atom. The zero-order valence-corrected chi connectivity index (χ0v) is 23.0. The third-order valence-electron chi connectivity index (χ3n) is 7.99. The van der Waals surface area contributed by atoms with Crippen molar-refractivity contribution in [3.8, 4) is 0 Å². The summed E-state index contributed by atoms with van der Waals surface area (Å²) < 4.78 is 11.8. The number of aromatic nitrogens is 1. The molecule has 2 aliphatic rings. The summed E-state index contributed by atoms with van der Waals surface area (Å²) in [7, 11) is 0. The molecule has 1 aromatic rings. The second-order valence-corrected chi connectivity index (χ2v) is 12.2. The lowest BCUT2D eigenvalue weighted by Gasteiger charge is -2.34. The number of carbonyl (C=O) groups excluding carboxylic acids is 2. The van der Waals surface area contributed by atoms with Gasteiger partial charge in [0.05, 0.1) is 47.5 Å². The van der Waals surface area contributed by atoms with Crippen LogP contribution in [-0.2, 0) is 19.1 Å². The van der Waals surface area contributed by atoms with E-state index in [1.807, 2.05) is 32.2 Å². The van der Waals surface area contributed by atoms with Crippen molar-refractivity contribution in [2.24, 2.45) is 17.3 Å². The number of carbonyl (C=O) groups is 2. The number of ketones is 1. The first-order chi connectivity index (χ1) is 16.8. The number of aliphatic hydroxyl groups is 3. The number of epoxide rings is 1. The fourth-order valence-corrected chi connectivity index (χ4v) is 5.73. The Morgan fingerprint density at radius 3 is 2.58 bits per heavy atom. The molecule has 8 nitrogen and oxygen atoms in total. The van der Waals surface area contributed by atoms with Crippen molar-refractivity contribution in [3.05, 3.63) is 21.7 Å². The Labute approximate surface area is 217 Å². The minimum absolute atomic E-state index is 0.148. The van der Waals surface area contributed by atoms with Crippen LogP contribution in [0, 0.1) is 24.2 Å². The number of fused-ring (bicyclic) bond motifs is 1. The second-order valence-electron chi connectivity index (χ2n) is 11.2. The van der Waals surface area contributed by atoms with Gasteiger partial charge in [0.1, 0.15) is 17.5 Å². The number of hydrogen-bond acceptors (Lipinski definition) is 9. The van der Waals surface area contributed by atoms with Gasteiger partial charge in [-0.15, -0.1) is 11.3 Å². The predicted octanol–water partition coefficient (Wildman–Crippen LogP) is 3.45. The molecule has 2 aliphatic heterocycles. The van der Waals surface area contributed by atoms with Crippen LogP contribution in [0.15, 0.2) is 11.0 Å². The Balaban J connectivity index is 1.88. The highest BCUT2D eigenvalue weighted by molar-refractivity contribution is 7.09. The van der Waals surface area contributed by atoms with Crippen LogP contribution in [0.25, 0.3) is 6.08 Å². The van der Waals surface area contributed by atoms with Crippen molar-refractivity contribution in [1.29, 1.82) is 0 Å². The van der Waals surface area contributed by atoms with Crippen molar-refractivity contribution in [2.45, 2.75) is 104 Å². The number of thiazole rings is 1. The van der Waals surface area contributed by atoms with Crippen LogP contribution in [0.5, 0.6) is 0 Å². The van der Waals surface area contributed by atoms with E-state index >= 15 is 0 Å². The van der Waals surface area contributed by atoms with Crippen molar-refractivity contribution in [3.63, 3.8) is 0 Å². The molecule has 2 fully saturated rings. The number of aryl methyl sites for hydroxylation is 1. The van der Waals surface area contributed by atoms with Crippen LogP contribution >= 0.6 is 11.3 Å². The van der Waals surface area contributed by atoms with Crippen LogP contribution < -0.4 is 0 Å². The summed E-state index contributed by atoms with van der Waals surface area (Å²) in [6.07, 6.45) is 0.807. The number of Topliss-reactive ketones (excluding diaryl/α,β-unsaturated/α-hetero) is 1. The average molecular weight is 524 g/mol. The van der Waals surface area contributed by atoms with Gasteiger partial charge < -0.3 is 24.8 Å². The van der Waals surface area contributed by atoms with Gasteiger partial charge >= 0.3 is 5.97 Å². The SMILES string of the molecule is C/C(=C\c1csc(C)n1)[C@@H]1C[C@@H]2O[C@@]2(CO)CCC[C@H](C)C(O)[C@@H](C)C(=O)C(C)(C)[C@@H](O)CC(=O)O1. The molecule has 7 atom stereocenters. The van der Waals surface area contributed by atoms with Gasteiger partial charge in [-0.1, -0.05) is 34.1 Å². The summed E-state index contributed by atoms with van der Waals surface area (Å²) in [4.78, 5) is 30.6. The summed E-state index contributed by atoms with van der Waals surface area (Å²) in [6.45, 7) is 10.4. The van der Waals surface area contributed by atoms with Gasteiger partial charge in [-0.3, -0.25) is 9.59 Å². The molecule has 0 bridgehead atoms. The lowest BCUT2D eigenvalue weighted by molar-refractivity contribution is -0.154. The number of esters is 1. The van der Waals surface area contributed by atoms with E-state index in [4.69, 9.17) is 9.47 Å². The van der Waals surface area contributed by atoms with Gasteiger partial charge in [-0.25, -0.2) is 4.98 Å². The molecule has 0 saturated carbocycles. The molecular weight excluding hydrogens is 482 g/mol. The largest absolute Gasteiger partial charge is 0.458 e. The normalized spacial score (nSPS) is 36.8. The van der Waals surface area contributed by atoms with Gasteiger partial charge in [0.25, 0.3) is 0 Å². The zero-order chi connectivity index (χ0) is 26.8. The molecule has 202 valence electrons. The lowest BCUT2D eigenvalue weighted by atomic mass is 9.73. The third-order valence-corrected chi connectivity index (χ3v) is 8.78. The van der Waals surface area contributed by atoms with Gasteiger partial charge in [0.2, 0.25) is 0 Å². The Kier molecular flexibility index (Phi) is 9.15. The van der Waals surface area contributed by atoms with E-state index in [0.717, 1.165) is 16.3 Å². The summed E-state index contributed by atoms with van der Waals surface area (Å²) in [5.41, 5.74) is -0.378. The van der Waals surface area contributed by atoms with Crippen molar-refractivity contribution in [1.82, 2.24) is 4.98 Å². The first kappa shape index (κ1) is 28.9. The average Bonchev–Trinajstić information content (AvgIpc) is 3.35. The summed E-state index contributed by atoms with van der Waals surface area (Å²) in [6, 6.07) is 0. The second kappa shape index (κ2) is 11.4. The van der Waals surface area contributed by atoms with E-state index in [0.29, 0.717) is 25.7 Å². The lowest BCUT2D eigenvalue weighted by Crippen LogP contribution is -2.45. The van der Waals surface area contributed by atoms with E-state index < -0.39 is 41.2 Å². The highest BCUT2D eigenvalue weighted by Crippen LogP contribution is 2.45. The maximum absolute atomic E-state index is 13.2. The smallest absolute Gasteiger partial charge is 0.309 e. The quantitative estimate of drug-likeness (QED) is 0.406. The highest BCUT2D eigenvalue weighted by atomic mass is 32.1. The molecular formula is C27H41NO7S. The minimum Gasteiger partial charge on any atom is -0.458 e. The fourth-order valence-electron chi connectivity index (χ4n) is 5.16. The molecule has 9 heteroatoms. The maximum atomic E-state index is 13.2. The first-order valence-corrected chi connectivity index (χ1v) is 13.7. The van der Waals surface area contributed by atoms with Crippen LogP contribution in [0.3, 0.4) is 0 Å². The molecule has 0 aromatic carbocycles. The molecule has 1 aromatic heterocycles. The van der Waals surface area contributed by atoms with Crippen LogP contribution in [0.2, 0.25) is 0 Å². The molecule has 0 aliphatic carbocycles. The monoisotopic (exact) mass is 523 g/mol. The molecule has 3 rings (SSSR count). The van der Waals surface area contributed by atoms with E-state index in [-0.39, 0.29) is 30.8 Å². The zero-order valence-electron chi connectivity index (χ0n) is 22.2. The Hall–Kier alpha value is -1.65. The van der Waals surface area contributed by atoms with E-state index in [1.165, 1.54) is 11.3 Å². The summed E-state index contributed by atoms with van der Waals surface area (Å²) in [5, 5.41) is 34.7. The molecule has 36 heavy (non-hydrogen) atoms. The fraction of sp³-hybridized carbons (Fsp3) is 0.741. The van der Waals surface area contributed by atoms with Crippen LogP contribution in [0.4, 0.5) is 0 Å². The number of ether oxygens (including phenoxy) is 2. The molecule has 1 unspecified atom stereocenters. The van der Waals surface area contributed by atoms with Crippen LogP contribution in [0.1, 0.15) is 77.4 Å². The molecule has 3 heterocycles. The predicted molar refractivity (Wildman–Crippen MR) is 137 cm³/mol. The van der Waals surface area contributed by atoms with Crippen LogP contribution in [-0.4, -0.2) is 68.7 Å². The number of aliphatic hydroxyl groups excluding tert-OH is 3. The van der Waals surface area contributed by atoms with E-state index in [9.17, 15) is 24.9 Å². The summed E-state index contributed by atoms with van der Waals surface area (Å²) >= 11 is 1.53. The number of hydrogen-bond donors (Lipinski definition) is 3. The van der Waals surface area contributed by atoms with Crippen molar-refractivity contribution in [2.75, 3.05) is 6.61 Å². The highest BCUT2D eigenvalue weighted by Gasteiger charge is 2.56. The Bertz CT molecular complexity index is 973. The van der Waals surface area contributed by atoms with Crippen molar-refractivity contribution >= 4 is 29.2 Å². The number of cyclic esters (lactones) is 1. The summed E-state index contributed by atoms with van der Waals surface area (Å²) in [5.74, 6) is -1.77. The third kappa shape index (κ3) is 6.42. The van der Waals surface area contributed by atoms with E-state index in [2.05, 4.69) is 4.98 Å². The first-order valence-electron chi connectivity index (χ1n) is 12.8. The molecule has 0 spiro atoms. The molecule has 0 radical (unpaired) electrons. The number of rotatable bonds is 3. The van der Waals surface area contributed by atoms with Gasteiger partial charge in [0, 0.05) is 17.7 Å². The minimum atomic E-state index is -1.27.